The van der Waals surface area contributed by atoms with Crippen molar-refractivity contribution < 1.29 is 28.2 Å². The van der Waals surface area contributed by atoms with Crippen molar-refractivity contribution in [3.63, 3.8) is 0 Å². The number of carbonyl (C=O) groups is 1. The van der Waals surface area contributed by atoms with Gasteiger partial charge < -0.3 is 14.9 Å². The second kappa shape index (κ2) is 9.99. The third-order valence-electron chi connectivity index (χ3n) is 7.84. The maximum atomic E-state index is 14.1. The quantitative estimate of drug-likeness (QED) is 0.209. The molecule has 0 saturated carbocycles. The number of phenolic OH excluding ortho intramolecular Hbond substituents is 2. The molecule has 0 aliphatic carbocycles. The number of hydrazone groups is 1. The number of ether oxygens (including phenoxy) is 1. The Bertz CT molecular complexity index is 2060. The SMILES string of the molecule is Cc1ccc(S(=O)(=O)Nc2ccccc2C=NN2C(=O)c3ccccc3C23c2ccc(O)cc2Oc2cc(O)ccc23)cc1. The second-order valence-corrected chi connectivity index (χ2v) is 12.3. The molecule has 0 aromatic heterocycles. The van der Waals surface area contributed by atoms with Crippen LogP contribution in [0.2, 0.25) is 0 Å². The number of hydrogen-bond acceptors (Lipinski definition) is 7. The number of hydrogen-bond donors (Lipinski definition) is 3. The molecule has 2 aliphatic rings. The molecule has 5 aromatic rings. The zero-order valence-electron chi connectivity index (χ0n) is 23.3. The van der Waals surface area contributed by atoms with Crippen LogP contribution in [-0.4, -0.2) is 35.8 Å². The fourth-order valence-corrected chi connectivity index (χ4v) is 6.91. The highest BCUT2D eigenvalue weighted by Crippen LogP contribution is 2.58. The molecule has 0 fully saturated rings. The topological polar surface area (TPSA) is 129 Å². The van der Waals surface area contributed by atoms with Gasteiger partial charge in [0.05, 0.1) is 16.8 Å². The summed E-state index contributed by atoms with van der Waals surface area (Å²) in [5.41, 5.74) is 2.46. The Hall–Kier alpha value is -5.61. The number of fused-ring (bicyclic) bond motifs is 6. The van der Waals surface area contributed by atoms with Crippen molar-refractivity contribution >= 4 is 27.8 Å². The number of aryl methyl sites for hydroxylation is 1. The Morgan fingerprint density at radius 2 is 1.41 bits per heavy atom. The maximum absolute atomic E-state index is 14.1. The molecule has 2 aliphatic heterocycles. The van der Waals surface area contributed by atoms with Crippen LogP contribution in [0.1, 0.15) is 38.2 Å². The number of nitrogens with one attached hydrogen (secondary N) is 1. The third-order valence-corrected chi connectivity index (χ3v) is 9.22. The van der Waals surface area contributed by atoms with Crippen LogP contribution in [0.25, 0.3) is 0 Å². The lowest BCUT2D eigenvalue weighted by molar-refractivity contribution is 0.0675. The smallest absolute Gasteiger partial charge is 0.275 e. The van der Waals surface area contributed by atoms with Gasteiger partial charge in [-0.05, 0) is 55.5 Å². The average molecular weight is 604 g/mol. The Balaban J connectivity index is 1.39. The van der Waals surface area contributed by atoms with E-state index < -0.39 is 21.5 Å². The van der Waals surface area contributed by atoms with E-state index >= 15 is 0 Å². The molecule has 5 aromatic carbocycles. The van der Waals surface area contributed by atoms with Crippen LogP contribution in [0.4, 0.5) is 5.69 Å². The van der Waals surface area contributed by atoms with Crippen LogP contribution < -0.4 is 9.46 Å². The number of anilines is 1. The first-order chi connectivity index (χ1) is 21.2. The summed E-state index contributed by atoms with van der Waals surface area (Å²) in [5.74, 6) is 0.113. The molecule has 10 heteroatoms. The summed E-state index contributed by atoms with van der Waals surface area (Å²) in [6.45, 7) is 1.88. The van der Waals surface area contributed by atoms with E-state index in [9.17, 15) is 23.4 Å². The van der Waals surface area contributed by atoms with Gasteiger partial charge in [-0.1, -0.05) is 54.1 Å². The maximum Gasteiger partial charge on any atom is 0.275 e. The summed E-state index contributed by atoms with van der Waals surface area (Å²) in [6.07, 6.45) is 1.44. The van der Waals surface area contributed by atoms with Crippen molar-refractivity contribution in [1.82, 2.24) is 5.01 Å². The van der Waals surface area contributed by atoms with E-state index in [-0.39, 0.29) is 22.1 Å². The average Bonchev–Trinajstić information content (AvgIpc) is 3.24. The standard InChI is InChI=1S/C34H25N3O6S/c1-21-10-14-25(15-11-21)44(41,42)36-30-9-5-2-6-22(30)20-35-37-33(40)26-7-3-4-8-27(26)34(37)28-16-12-23(38)18-31(28)43-32-19-24(39)13-17-29(32)34/h2-20,36,38-39H,1H3. The molecule has 0 radical (unpaired) electrons. The van der Waals surface area contributed by atoms with Crippen LogP contribution in [0.5, 0.6) is 23.0 Å². The van der Waals surface area contributed by atoms with E-state index in [1.807, 2.05) is 19.1 Å². The Kier molecular flexibility index (Phi) is 6.19. The van der Waals surface area contributed by atoms with Crippen molar-refractivity contribution in [3.8, 4) is 23.0 Å². The number of rotatable bonds is 5. The fraction of sp³-hybridized carbons (Fsp3) is 0.0588. The van der Waals surface area contributed by atoms with E-state index in [0.29, 0.717) is 39.3 Å². The van der Waals surface area contributed by atoms with Crippen molar-refractivity contribution in [2.24, 2.45) is 5.10 Å². The van der Waals surface area contributed by atoms with E-state index in [1.54, 1.807) is 60.7 Å². The summed E-state index contributed by atoms with van der Waals surface area (Å²) < 4.78 is 35.2. The van der Waals surface area contributed by atoms with Crippen LogP contribution in [0, 0.1) is 6.92 Å². The summed E-state index contributed by atoms with van der Waals surface area (Å²) in [5, 5.41) is 26.7. The molecular weight excluding hydrogens is 578 g/mol. The summed E-state index contributed by atoms with van der Waals surface area (Å²) in [7, 11) is -3.92. The Morgan fingerprint density at radius 3 is 2.09 bits per heavy atom. The van der Waals surface area contributed by atoms with E-state index in [0.717, 1.165) is 5.56 Å². The van der Waals surface area contributed by atoms with Gasteiger partial charge in [-0.15, -0.1) is 0 Å². The first-order valence-corrected chi connectivity index (χ1v) is 15.2. The van der Waals surface area contributed by atoms with Gasteiger partial charge in [0, 0.05) is 39.9 Å². The molecule has 1 amide bonds. The third kappa shape index (κ3) is 4.18. The van der Waals surface area contributed by atoms with E-state index in [2.05, 4.69) is 4.72 Å². The zero-order valence-corrected chi connectivity index (χ0v) is 24.1. The number of amides is 1. The van der Waals surface area contributed by atoms with Gasteiger partial charge in [0.25, 0.3) is 15.9 Å². The largest absolute Gasteiger partial charge is 0.508 e. The summed E-state index contributed by atoms with van der Waals surface area (Å²) in [6, 6.07) is 29.7. The highest BCUT2D eigenvalue weighted by molar-refractivity contribution is 7.92. The van der Waals surface area contributed by atoms with Crippen molar-refractivity contribution in [2.75, 3.05) is 4.72 Å². The summed E-state index contributed by atoms with van der Waals surface area (Å²) in [4.78, 5) is 14.2. The number of benzene rings is 5. The molecule has 0 saturated heterocycles. The van der Waals surface area contributed by atoms with Crippen LogP contribution in [0.15, 0.2) is 119 Å². The molecule has 2 heterocycles. The molecule has 0 bridgehead atoms. The molecule has 0 atom stereocenters. The zero-order chi connectivity index (χ0) is 30.6. The first-order valence-electron chi connectivity index (χ1n) is 13.7. The van der Waals surface area contributed by atoms with Crippen molar-refractivity contribution in [3.05, 3.63) is 143 Å². The van der Waals surface area contributed by atoms with Crippen LogP contribution >= 0.6 is 0 Å². The highest BCUT2D eigenvalue weighted by Gasteiger charge is 2.57. The number of carbonyl (C=O) groups excluding carboxylic acids is 1. The van der Waals surface area contributed by atoms with Gasteiger partial charge in [-0.2, -0.15) is 5.10 Å². The minimum absolute atomic E-state index is 0.0371. The van der Waals surface area contributed by atoms with Crippen molar-refractivity contribution in [1.29, 1.82) is 0 Å². The number of aromatic hydroxyl groups is 2. The number of sulfonamides is 1. The molecule has 3 N–H and O–H groups in total. The second-order valence-electron chi connectivity index (χ2n) is 10.6. The molecule has 9 nitrogen and oxygen atoms in total. The molecule has 1 spiro atoms. The van der Waals surface area contributed by atoms with Crippen LogP contribution in [0.3, 0.4) is 0 Å². The Morgan fingerprint density at radius 1 is 0.795 bits per heavy atom. The predicted octanol–water partition coefficient (Wildman–Crippen LogP) is 6.09. The lowest BCUT2D eigenvalue weighted by atomic mass is 9.75. The molecule has 218 valence electrons. The lowest BCUT2D eigenvalue weighted by Gasteiger charge is -2.41. The van der Waals surface area contributed by atoms with Gasteiger partial charge in [-0.25, -0.2) is 13.4 Å². The minimum Gasteiger partial charge on any atom is -0.508 e. The van der Waals surface area contributed by atoms with Gasteiger partial charge in [0.2, 0.25) is 0 Å². The monoisotopic (exact) mass is 603 g/mol. The molecular formula is C34H25N3O6S. The molecule has 0 unspecified atom stereocenters. The first kappa shape index (κ1) is 27.2. The highest BCUT2D eigenvalue weighted by atomic mass is 32.2. The fourth-order valence-electron chi connectivity index (χ4n) is 5.82. The van der Waals surface area contributed by atoms with E-state index in [1.165, 1.54) is 47.6 Å². The number of nitrogens with zero attached hydrogens (tertiary/aromatic N) is 2. The normalized spacial score (nSPS) is 14.7. The van der Waals surface area contributed by atoms with E-state index in [4.69, 9.17) is 9.84 Å². The van der Waals surface area contributed by atoms with Crippen molar-refractivity contribution in [2.45, 2.75) is 17.4 Å². The van der Waals surface area contributed by atoms with Gasteiger partial charge in [0.1, 0.15) is 28.5 Å². The molecule has 44 heavy (non-hydrogen) atoms. The minimum atomic E-state index is -3.92. The van der Waals surface area contributed by atoms with Gasteiger partial charge in [0.15, 0.2) is 0 Å². The van der Waals surface area contributed by atoms with Gasteiger partial charge >= 0.3 is 0 Å². The van der Waals surface area contributed by atoms with Crippen LogP contribution in [-0.2, 0) is 15.6 Å². The Labute approximate surface area is 253 Å². The lowest BCUT2D eigenvalue weighted by Crippen LogP contribution is -2.44. The number of phenols is 2. The molecule has 7 rings (SSSR count). The van der Waals surface area contributed by atoms with Gasteiger partial charge in [-0.3, -0.25) is 9.52 Å². The summed E-state index contributed by atoms with van der Waals surface area (Å²) >= 11 is 0. The predicted molar refractivity (Wildman–Crippen MR) is 165 cm³/mol. The number of para-hydroxylation sites is 1.